The summed E-state index contributed by atoms with van der Waals surface area (Å²) < 4.78 is 12.6. The van der Waals surface area contributed by atoms with Crippen LogP contribution in [0.25, 0.3) is 54.6 Å². The van der Waals surface area contributed by atoms with Gasteiger partial charge in [-0.1, -0.05) is 72.8 Å². The van der Waals surface area contributed by atoms with Gasteiger partial charge in [-0.2, -0.15) is 0 Å². The SMILES string of the molecule is CC1(C)OB(c2ccc3c(ccc4cc5c6c(cccc6c43)-c3ccccc3-5)c2)OC1(C)C. The van der Waals surface area contributed by atoms with Crippen molar-refractivity contribution in [2.24, 2.45) is 0 Å². The Morgan fingerprint density at radius 1 is 0.545 bits per heavy atom. The smallest absolute Gasteiger partial charge is 0.399 e. The van der Waals surface area contributed by atoms with Crippen molar-refractivity contribution >= 4 is 44.9 Å². The molecule has 1 aliphatic carbocycles. The Hall–Kier alpha value is -3.14. The molecule has 33 heavy (non-hydrogen) atoms. The molecule has 2 nitrogen and oxygen atoms in total. The minimum Gasteiger partial charge on any atom is -0.399 e. The molecule has 0 bridgehead atoms. The van der Waals surface area contributed by atoms with Gasteiger partial charge in [0.2, 0.25) is 0 Å². The van der Waals surface area contributed by atoms with Gasteiger partial charge < -0.3 is 9.31 Å². The lowest BCUT2D eigenvalue weighted by atomic mass is 9.78. The van der Waals surface area contributed by atoms with E-state index in [0.717, 1.165) is 5.46 Å². The molecule has 5 aromatic rings. The minimum atomic E-state index is -0.350. The predicted molar refractivity (Wildman–Crippen MR) is 139 cm³/mol. The van der Waals surface area contributed by atoms with Crippen molar-refractivity contribution in [1.29, 1.82) is 0 Å². The molecule has 160 valence electrons. The lowest BCUT2D eigenvalue weighted by Crippen LogP contribution is -2.41. The summed E-state index contributed by atoms with van der Waals surface area (Å²) in [5.41, 5.74) is 5.73. The van der Waals surface area contributed by atoms with E-state index in [1.165, 1.54) is 54.6 Å². The second-order valence-electron chi connectivity index (χ2n) is 10.4. The zero-order valence-electron chi connectivity index (χ0n) is 19.4. The number of hydrogen-bond acceptors (Lipinski definition) is 2. The third-order valence-electron chi connectivity index (χ3n) is 8.01. The monoisotopic (exact) mass is 428 g/mol. The zero-order valence-corrected chi connectivity index (χ0v) is 19.4. The summed E-state index contributed by atoms with van der Waals surface area (Å²) in [6, 6.07) is 29.0. The summed E-state index contributed by atoms with van der Waals surface area (Å²) in [4.78, 5) is 0. The largest absolute Gasteiger partial charge is 0.494 e. The first-order valence-electron chi connectivity index (χ1n) is 11.7. The molecule has 1 fully saturated rings. The zero-order chi connectivity index (χ0) is 22.5. The van der Waals surface area contributed by atoms with Crippen molar-refractivity contribution in [2.45, 2.75) is 38.9 Å². The fourth-order valence-corrected chi connectivity index (χ4v) is 5.58. The second kappa shape index (κ2) is 6.25. The molecule has 3 heteroatoms. The topological polar surface area (TPSA) is 18.5 Å². The lowest BCUT2D eigenvalue weighted by molar-refractivity contribution is 0.00578. The third-order valence-corrected chi connectivity index (χ3v) is 8.01. The Morgan fingerprint density at radius 2 is 1.21 bits per heavy atom. The van der Waals surface area contributed by atoms with Crippen molar-refractivity contribution in [3.8, 4) is 22.3 Å². The molecule has 1 saturated heterocycles. The molecule has 1 heterocycles. The molecule has 0 aromatic heterocycles. The van der Waals surface area contributed by atoms with Gasteiger partial charge in [0, 0.05) is 0 Å². The first-order valence-corrected chi connectivity index (χ1v) is 11.7. The fourth-order valence-electron chi connectivity index (χ4n) is 5.58. The van der Waals surface area contributed by atoms with Crippen molar-refractivity contribution in [2.75, 3.05) is 0 Å². The van der Waals surface area contributed by atoms with Crippen molar-refractivity contribution in [3.63, 3.8) is 0 Å². The first-order chi connectivity index (χ1) is 15.8. The van der Waals surface area contributed by atoms with Crippen LogP contribution in [0.1, 0.15) is 27.7 Å². The van der Waals surface area contributed by atoms with Crippen LogP contribution in [0.15, 0.2) is 78.9 Å². The van der Waals surface area contributed by atoms with Gasteiger partial charge in [-0.3, -0.25) is 0 Å². The van der Waals surface area contributed by atoms with E-state index in [1.54, 1.807) is 0 Å². The van der Waals surface area contributed by atoms with Gasteiger partial charge in [-0.05, 0) is 93.8 Å². The van der Waals surface area contributed by atoms with Crippen LogP contribution in [-0.2, 0) is 9.31 Å². The Morgan fingerprint density at radius 3 is 1.97 bits per heavy atom. The molecule has 0 radical (unpaired) electrons. The fraction of sp³-hybridized carbons (Fsp3) is 0.200. The highest BCUT2D eigenvalue weighted by Gasteiger charge is 2.51. The van der Waals surface area contributed by atoms with Crippen LogP contribution in [0.4, 0.5) is 0 Å². The van der Waals surface area contributed by atoms with Gasteiger partial charge in [0.15, 0.2) is 0 Å². The Kier molecular flexibility index (Phi) is 3.67. The Balaban J connectivity index is 1.47. The van der Waals surface area contributed by atoms with E-state index < -0.39 is 0 Å². The van der Waals surface area contributed by atoms with Crippen LogP contribution < -0.4 is 5.46 Å². The number of rotatable bonds is 1. The first kappa shape index (κ1) is 19.3. The summed E-state index contributed by atoms with van der Waals surface area (Å²) >= 11 is 0. The molecule has 7 rings (SSSR count). The Labute approximate surface area is 194 Å². The van der Waals surface area contributed by atoms with Crippen molar-refractivity contribution < 1.29 is 9.31 Å². The molecule has 0 saturated carbocycles. The van der Waals surface area contributed by atoms with Crippen molar-refractivity contribution in [1.82, 2.24) is 0 Å². The van der Waals surface area contributed by atoms with Crippen LogP contribution in [0.5, 0.6) is 0 Å². The van der Waals surface area contributed by atoms with Crippen LogP contribution in [-0.4, -0.2) is 18.3 Å². The molecule has 2 aliphatic rings. The quantitative estimate of drug-likeness (QED) is 0.206. The van der Waals surface area contributed by atoms with Crippen LogP contribution in [0, 0.1) is 0 Å². The van der Waals surface area contributed by atoms with Crippen LogP contribution in [0.3, 0.4) is 0 Å². The molecule has 1 aliphatic heterocycles. The van der Waals surface area contributed by atoms with Crippen LogP contribution in [0.2, 0.25) is 0 Å². The number of fused-ring (bicyclic) bond motifs is 7. The summed E-state index contributed by atoms with van der Waals surface area (Å²) in [6.07, 6.45) is 0. The van der Waals surface area contributed by atoms with E-state index in [1.807, 2.05) is 0 Å². The molecular formula is C30H25BO2. The number of benzene rings is 5. The van der Waals surface area contributed by atoms with Crippen LogP contribution >= 0.6 is 0 Å². The van der Waals surface area contributed by atoms with Gasteiger partial charge >= 0.3 is 7.12 Å². The highest BCUT2D eigenvalue weighted by atomic mass is 16.7. The van der Waals surface area contributed by atoms with E-state index in [4.69, 9.17) is 9.31 Å². The van der Waals surface area contributed by atoms with Gasteiger partial charge in [-0.25, -0.2) is 0 Å². The molecule has 0 amide bonds. The normalized spacial score (nSPS) is 17.9. The summed E-state index contributed by atoms with van der Waals surface area (Å²) in [5.74, 6) is 0. The van der Waals surface area contributed by atoms with Gasteiger partial charge in [-0.15, -0.1) is 0 Å². The van der Waals surface area contributed by atoms with Gasteiger partial charge in [0.1, 0.15) is 0 Å². The highest BCUT2D eigenvalue weighted by molar-refractivity contribution is 6.62. The maximum atomic E-state index is 6.31. The maximum Gasteiger partial charge on any atom is 0.494 e. The summed E-state index contributed by atoms with van der Waals surface area (Å²) in [6.45, 7) is 8.40. The molecular weight excluding hydrogens is 403 g/mol. The molecule has 0 atom stereocenters. The summed E-state index contributed by atoms with van der Waals surface area (Å²) in [5, 5.41) is 7.78. The standard InChI is InChI=1S/C30H25BO2/c1-29(2)30(3,4)33-31(32-29)20-14-15-21-18(16-20)12-13-19-17-26-23-9-6-5-8-22(23)24-10-7-11-25(27(19)21)28(24)26/h5-17H,1-4H3. The van der Waals surface area contributed by atoms with Gasteiger partial charge in [0.25, 0.3) is 0 Å². The molecule has 0 N–H and O–H groups in total. The van der Waals surface area contributed by atoms with E-state index in [0.29, 0.717) is 0 Å². The van der Waals surface area contributed by atoms with E-state index in [9.17, 15) is 0 Å². The van der Waals surface area contributed by atoms with E-state index >= 15 is 0 Å². The molecule has 5 aromatic carbocycles. The van der Waals surface area contributed by atoms with Crippen molar-refractivity contribution in [3.05, 3.63) is 78.9 Å². The third kappa shape index (κ3) is 2.52. The lowest BCUT2D eigenvalue weighted by Gasteiger charge is -2.32. The van der Waals surface area contributed by atoms with E-state index in [2.05, 4.69) is 107 Å². The molecule has 0 unspecified atom stereocenters. The maximum absolute atomic E-state index is 6.31. The van der Waals surface area contributed by atoms with Gasteiger partial charge in [0.05, 0.1) is 11.2 Å². The molecule has 0 spiro atoms. The average molecular weight is 428 g/mol. The average Bonchev–Trinajstić information content (AvgIpc) is 3.24. The highest BCUT2D eigenvalue weighted by Crippen LogP contribution is 2.50. The number of hydrogen-bond donors (Lipinski definition) is 0. The van der Waals surface area contributed by atoms with E-state index in [-0.39, 0.29) is 18.3 Å². The summed E-state index contributed by atoms with van der Waals surface area (Å²) in [7, 11) is -0.350. The second-order valence-corrected chi connectivity index (χ2v) is 10.4. The Bertz CT molecular complexity index is 1610. The minimum absolute atomic E-state index is 0.344. The predicted octanol–water partition coefficient (Wildman–Crippen LogP) is 7.09.